The van der Waals surface area contributed by atoms with Gasteiger partial charge < -0.3 is 20.0 Å². The Balaban J connectivity index is 1.67. The predicted molar refractivity (Wildman–Crippen MR) is 96.5 cm³/mol. The molecule has 7 heteroatoms. The second-order valence-corrected chi connectivity index (χ2v) is 6.43. The van der Waals surface area contributed by atoms with Gasteiger partial charge in [-0.25, -0.2) is 9.78 Å². The fourth-order valence-corrected chi connectivity index (χ4v) is 2.97. The van der Waals surface area contributed by atoms with Crippen molar-refractivity contribution < 1.29 is 19.8 Å². The molecular weight excluding hydrogens is 334 g/mol. The number of carbonyl (C=O) groups is 2. The number of rotatable bonds is 4. The molecule has 1 fully saturated rings. The number of amides is 1. The van der Waals surface area contributed by atoms with Crippen molar-refractivity contribution in [1.82, 2.24) is 9.88 Å². The lowest BCUT2D eigenvalue weighted by molar-refractivity contribution is -0.162. The number of benzene rings is 1. The molecule has 0 atom stereocenters. The third-order valence-corrected chi connectivity index (χ3v) is 4.76. The number of aliphatic hydroxyl groups is 1. The Kier molecular flexibility index (Phi) is 4.90. The highest BCUT2D eigenvalue weighted by molar-refractivity contribution is 5.94. The minimum atomic E-state index is -1.74. The SMILES string of the molecule is CN(c1ccccc1)c1ccc(C(=O)N2CCC(O)(C(=O)O)CC2)cn1. The number of pyridine rings is 1. The number of para-hydroxylation sites is 1. The molecule has 1 saturated heterocycles. The number of aromatic nitrogens is 1. The Bertz CT molecular complexity index is 784. The maximum Gasteiger partial charge on any atom is 0.335 e. The Morgan fingerprint density at radius 3 is 2.31 bits per heavy atom. The molecule has 0 saturated carbocycles. The van der Waals surface area contributed by atoms with Gasteiger partial charge in [0.25, 0.3) is 5.91 Å². The van der Waals surface area contributed by atoms with Crippen molar-refractivity contribution >= 4 is 23.4 Å². The molecule has 7 nitrogen and oxygen atoms in total. The first-order valence-corrected chi connectivity index (χ1v) is 8.40. The summed E-state index contributed by atoms with van der Waals surface area (Å²) in [4.78, 5) is 31.5. The van der Waals surface area contributed by atoms with Crippen molar-refractivity contribution in [1.29, 1.82) is 0 Å². The lowest BCUT2D eigenvalue weighted by Crippen LogP contribution is -2.50. The highest BCUT2D eigenvalue weighted by atomic mass is 16.4. The maximum atomic E-state index is 12.6. The third-order valence-electron chi connectivity index (χ3n) is 4.76. The molecule has 2 heterocycles. The molecule has 0 spiro atoms. The van der Waals surface area contributed by atoms with Crippen LogP contribution >= 0.6 is 0 Å². The van der Waals surface area contributed by atoms with E-state index in [0.717, 1.165) is 5.69 Å². The summed E-state index contributed by atoms with van der Waals surface area (Å²) in [6.45, 7) is 0.403. The van der Waals surface area contributed by atoms with Gasteiger partial charge in [0.05, 0.1) is 5.56 Å². The number of carbonyl (C=O) groups excluding carboxylic acids is 1. The summed E-state index contributed by atoms with van der Waals surface area (Å²) in [6.07, 6.45) is 1.57. The first-order chi connectivity index (χ1) is 12.4. The summed E-state index contributed by atoms with van der Waals surface area (Å²) in [5.74, 6) is -0.731. The van der Waals surface area contributed by atoms with Crippen molar-refractivity contribution in [3.8, 4) is 0 Å². The van der Waals surface area contributed by atoms with Gasteiger partial charge >= 0.3 is 5.97 Å². The molecule has 0 aliphatic carbocycles. The van der Waals surface area contributed by atoms with E-state index in [-0.39, 0.29) is 31.8 Å². The van der Waals surface area contributed by atoms with Crippen molar-refractivity contribution in [2.24, 2.45) is 0 Å². The molecule has 1 amide bonds. The summed E-state index contributed by atoms with van der Waals surface area (Å²) in [6, 6.07) is 13.3. The zero-order valence-electron chi connectivity index (χ0n) is 14.5. The van der Waals surface area contributed by atoms with E-state index in [1.807, 2.05) is 42.3 Å². The van der Waals surface area contributed by atoms with E-state index in [2.05, 4.69) is 4.98 Å². The standard InChI is InChI=1S/C19H21N3O4/c1-21(15-5-3-2-4-6-15)16-8-7-14(13-20-16)17(23)22-11-9-19(26,10-12-22)18(24)25/h2-8,13,26H,9-12H2,1H3,(H,24,25). The van der Waals surface area contributed by atoms with Gasteiger partial charge in [-0.15, -0.1) is 0 Å². The molecule has 2 N–H and O–H groups in total. The topological polar surface area (TPSA) is 94.0 Å². The Labute approximate surface area is 151 Å². The minimum Gasteiger partial charge on any atom is -0.479 e. The second-order valence-electron chi connectivity index (χ2n) is 6.43. The smallest absolute Gasteiger partial charge is 0.335 e. The summed E-state index contributed by atoms with van der Waals surface area (Å²) in [7, 11) is 1.90. The van der Waals surface area contributed by atoms with Crippen molar-refractivity contribution in [3.05, 3.63) is 54.2 Å². The molecule has 136 valence electrons. The number of hydrogen-bond donors (Lipinski definition) is 2. The van der Waals surface area contributed by atoms with Crippen LogP contribution < -0.4 is 4.90 Å². The molecule has 1 aliphatic heterocycles. The molecule has 0 radical (unpaired) electrons. The van der Waals surface area contributed by atoms with Gasteiger partial charge in [0.1, 0.15) is 5.82 Å². The number of piperidine rings is 1. The molecule has 26 heavy (non-hydrogen) atoms. The fraction of sp³-hybridized carbons (Fsp3) is 0.316. The average molecular weight is 355 g/mol. The zero-order chi connectivity index (χ0) is 18.7. The van der Waals surface area contributed by atoms with Crippen LogP contribution in [0.15, 0.2) is 48.7 Å². The van der Waals surface area contributed by atoms with Gasteiger partial charge in [0, 0.05) is 44.9 Å². The number of likely N-dealkylation sites (tertiary alicyclic amines) is 1. The molecule has 2 aromatic rings. The number of aliphatic carboxylic acids is 1. The van der Waals surface area contributed by atoms with Crippen LogP contribution in [0, 0.1) is 0 Å². The summed E-state index contributed by atoms with van der Waals surface area (Å²) in [5, 5.41) is 19.0. The van der Waals surface area contributed by atoms with E-state index >= 15 is 0 Å². The number of anilines is 2. The minimum absolute atomic E-state index is 0.0241. The molecule has 1 aromatic carbocycles. The van der Waals surface area contributed by atoms with Gasteiger partial charge in [-0.1, -0.05) is 18.2 Å². The molecule has 1 aliphatic rings. The van der Waals surface area contributed by atoms with Gasteiger partial charge in [-0.2, -0.15) is 0 Å². The van der Waals surface area contributed by atoms with E-state index in [4.69, 9.17) is 5.11 Å². The van der Waals surface area contributed by atoms with E-state index in [1.54, 1.807) is 17.0 Å². The van der Waals surface area contributed by atoms with Crippen LogP contribution in [0.1, 0.15) is 23.2 Å². The number of carboxylic acid groups (broad SMARTS) is 1. The fourth-order valence-electron chi connectivity index (χ4n) is 2.97. The maximum absolute atomic E-state index is 12.6. The van der Waals surface area contributed by atoms with Crippen LogP contribution in [-0.4, -0.2) is 57.7 Å². The Morgan fingerprint density at radius 2 is 1.77 bits per heavy atom. The monoisotopic (exact) mass is 355 g/mol. The summed E-state index contributed by atoms with van der Waals surface area (Å²) in [5.41, 5.74) is -0.309. The average Bonchev–Trinajstić information content (AvgIpc) is 2.68. The van der Waals surface area contributed by atoms with E-state index in [1.165, 1.54) is 6.20 Å². The predicted octanol–water partition coefficient (Wildman–Crippen LogP) is 1.90. The first-order valence-electron chi connectivity index (χ1n) is 8.40. The largest absolute Gasteiger partial charge is 0.479 e. The molecule has 0 unspecified atom stereocenters. The molecule has 3 rings (SSSR count). The number of carboxylic acids is 1. The van der Waals surface area contributed by atoms with Crippen LogP contribution in [0.4, 0.5) is 11.5 Å². The van der Waals surface area contributed by atoms with E-state index < -0.39 is 11.6 Å². The van der Waals surface area contributed by atoms with E-state index in [0.29, 0.717) is 11.4 Å². The Morgan fingerprint density at radius 1 is 1.12 bits per heavy atom. The molecular formula is C19H21N3O4. The summed E-state index contributed by atoms with van der Waals surface area (Å²) >= 11 is 0. The highest BCUT2D eigenvalue weighted by Crippen LogP contribution is 2.25. The first kappa shape index (κ1) is 17.9. The lowest BCUT2D eigenvalue weighted by atomic mass is 9.91. The zero-order valence-corrected chi connectivity index (χ0v) is 14.5. The lowest BCUT2D eigenvalue weighted by Gasteiger charge is -2.35. The quantitative estimate of drug-likeness (QED) is 0.870. The molecule has 1 aromatic heterocycles. The summed E-state index contributed by atoms with van der Waals surface area (Å²) < 4.78 is 0. The molecule has 0 bridgehead atoms. The van der Waals surface area contributed by atoms with Crippen LogP contribution in [0.2, 0.25) is 0 Å². The van der Waals surface area contributed by atoms with Crippen LogP contribution in [0.5, 0.6) is 0 Å². The van der Waals surface area contributed by atoms with Gasteiger partial charge in [0.2, 0.25) is 0 Å². The Hall–Kier alpha value is -2.93. The number of nitrogens with zero attached hydrogens (tertiary/aromatic N) is 3. The third kappa shape index (κ3) is 3.52. The van der Waals surface area contributed by atoms with E-state index in [9.17, 15) is 14.7 Å². The highest BCUT2D eigenvalue weighted by Gasteiger charge is 2.40. The van der Waals surface area contributed by atoms with Gasteiger partial charge in [0.15, 0.2) is 5.60 Å². The van der Waals surface area contributed by atoms with Crippen LogP contribution in [-0.2, 0) is 4.79 Å². The van der Waals surface area contributed by atoms with Crippen molar-refractivity contribution in [3.63, 3.8) is 0 Å². The number of hydrogen-bond acceptors (Lipinski definition) is 5. The van der Waals surface area contributed by atoms with Crippen molar-refractivity contribution in [2.75, 3.05) is 25.0 Å². The van der Waals surface area contributed by atoms with Crippen LogP contribution in [0.3, 0.4) is 0 Å². The van der Waals surface area contributed by atoms with Crippen molar-refractivity contribution in [2.45, 2.75) is 18.4 Å². The van der Waals surface area contributed by atoms with Gasteiger partial charge in [-0.3, -0.25) is 4.79 Å². The van der Waals surface area contributed by atoms with Crippen LogP contribution in [0.25, 0.3) is 0 Å². The normalized spacial score (nSPS) is 16.2. The second kappa shape index (κ2) is 7.13. The van der Waals surface area contributed by atoms with Gasteiger partial charge in [-0.05, 0) is 24.3 Å².